The molecule has 0 aromatic heterocycles. The van der Waals surface area contributed by atoms with Gasteiger partial charge < -0.3 is 0 Å². The molecule has 8 heavy (non-hydrogen) atoms. The Labute approximate surface area is 69.4 Å². The van der Waals surface area contributed by atoms with Crippen molar-refractivity contribution in [3.63, 3.8) is 0 Å². The fourth-order valence-electron chi connectivity index (χ4n) is 0.793. The third kappa shape index (κ3) is 2.33. The van der Waals surface area contributed by atoms with Crippen LogP contribution in [0.3, 0.4) is 0 Å². The van der Waals surface area contributed by atoms with Gasteiger partial charge in [-0.05, 0) is 12.1 Å². The van der Waals surface area contributed by atoms with E-state index in [2.05, 4.69) is 30.6 Å². The van der Waals surface area contributed by atoms with E-state index in [4.69, 9.17) is 0 Å². The van der Waals surface area contributed by atoms with E-state index >= 15 is 0 Å². The Morgan fingerprint density at radius 1 is 1.12 bits per heavy atom. The monoisotopic (exact) mass is 270 g/mol. The summed E-state index contributed by atoms with van der Waals surface area (Å²) >= 11 is 7.50. The average Bonchev–Trinajstić information content (AvgIpc) is 1.65. The molecule has 2 radical (unpaired) electrons. The summed E-state index contributed by atoms with van der Waals surface area (Å²) < 4.78 is 0. The van der Waals surface area contributed by atoms with Crippen molar-refractivity contribution in [2.45, 2.75) is 24.2 Å². The van der Waals surface area contributed by atoms with Crippen LogP contribution in [-0.2, 0) is 0 Å². The van der Waals surface area contributed by atoms with Crippen LogP contribution in [0.25, 0.3) is 0 Å². The lowest BCUT2D eigenvalue weighted by molar-refractivity contribution is 1.24. The second-order valence-corrected chi connectivity index (χ2v) is 18.6. The summed E-state index contributed by atoms with van der Waals surface area (Å²) in [4.78, 5) is 0. The van der Waals surface area contributed by atoms with Crippen molar-refractivity contribution in [2.75, 3.05) is 0 Å². The molecule has 0 N–H and O–H groups in total. The summed E-state index contributed by atoms with van der Waals surface area (Å²) in [5.41, 5.74) is 0. The normalized spacial score (nSPS) is 27.8. The molecule has 1 aliphatic rings. The minimum absolute atomic E-state index is 0.959. The molecule has 0 aromatic carbocycles. The van der Waals surface area contributed by atoms with Gasteiger partial charge in [-0.3, -0.25) is 0 Å². The van der Waals surface area contributed by atoms with E-state index in [9.17, 15) is 0 Å². The standard InChI is InChI=1S/C4H8Br2Si2/c5-8(6)3-1-7-2-4-8/h1-4H2. The molecule has 0 amide bonds. The van der Waals surface area contributed by atoms with E-state index in [1.807, 2.05) is 0 Å². The molecule has 0 aromatic rings. The first-order valence-corrected chi connectivity index (χ1v) is 11.1. The maximum Gasteiger partial charge on any atom is 0.200 e. The Balaban J connectivity index is 2.33. The fraction of sp³-hybridized carbons (Fsp3) is 1.00. The number of hydrogen-bond donors (Lipinski definition) is 0. The molecule has 4 heteroatoms. The molecule has 46 valence electrons. The topological polar surface area (TPSA) is 0 Å². The second kappa shape index (κ2) is 2.99. The van der Waals surface area contributed by atoms with E-state index < -0.39 is 5.31 Å². The van der Waals surface area contributed by atoms with Crippen LogP contribution >= 0.6 is 30.6 Å². The molecule has 1 saturated heterocycles. The van der Waals surface area contributed by atoms with Crippen LogP contribution in [-0.4, -0.2) is 14.8 Å². The van der Waals surface area contributed by atoms with Crippen LogP contribution in [0.15, 0.2) is 0 Å². The van der Waals surface area contributed by atoms with Gasteiger partial charge in [0.1, 0.15) is 0 Å². The zero-order chi connectivity index (χ0) is 6.04. The quantitative estimate of drug-likeness (QED) is 0.470. The Bertz CT molecular complexity index is 76.1. The van der Waals surface area contributed by atoms with Crippen LogP contribution in [0.2, 0.25) is 24.2 Å². The maximum atomic E-state index is 3.75. The van der Waals surface area contributed by atoms with Crippen molar-refractivity contribution in [2.24, 2.45) is 0 Å². The predicted octanol–water partition coefficient (Wildman–Crippen LogP) is 2.77. The lowest BCUT2D eigenvalue weighted by Gasteiger charge is -2.21. The lowest BCUT2D eigenvalue weighted by Crippen LogP contribution is -2.22. The van der Waals surface area contributed by atoms with Gasteiger partial charge in [-0.25, -0.2) is 0 Å². The second-order valence-electron chi connectivity index (χ2n) is 2.11. The molecule has 1 heterocycles. The zero-order valence-corrected chi connectivity index (χ0v) is 9.76. The molecule has 0 atom stereocenters. The first-order chi connectivity index (χ1) is 3.71. The van der Waals surface area contributed by atoms with E-state index in [1.54, 1.807) is 0 Å². The predicted molar refractivity (Wildman–Crippen MR) is 48.6 cm³/mol. The van der Waals surface area contributed by atoms with Crippen LogP contribution in [0.1, 0.15) is 0 Å². The van der Waals surface area contributed by atoms with Crippen molar-refractivity contribution in [1.82, 2.24) is 0 Å². The minimum Gasteiger partial charge on any atom is -0.111 e. The van der Waals surface area contributed by atoms with Gasteiger partial charge in [-0.1, -0.05) is 12.1 Å². The lowest BCUT2D eigenvalue weighted by atomic mass is 10.9. The first kappa shape index (κ1) is 7.50. The highest BCUT2D eigenvalue weighted by Gasteiger charge is 2.28. The first-order valence-electron chi connectivity index (χ1n) is 2.79. The summed E-state index contributed by atoms with van der Waals surface area (Å²) in [5.74, 6) is 0. The molecule has 1 fully saturated rings. The molecule has 0 bridgehead atoms. The van der Waals surface area contributed by atoms with Crippen molar-refractivity contribution >= 4 is 45.4 Å². The SMILES string of the molecule is Br[Si]1(Br)CC[Si]CC1. The molecule has 0 nitrogen and oxygen atoms in total. The van der Waals surface area contributed by atoms with Gasteiger partial charge in [0, 0.05) is 9.52 Å². The largest absolute Gasteiger partial charge is 0.200 e. The molecule has 1 aliphatic heterocycles. The van der Waals surface area contributed by atoms with Crippen molar-refractivity contribution in [1.29, 1.82) is 0 Å². The van der Waals surface area contributed by atoms with Crippen LogP contribution < -0.4 is 0 Å². The van der Waals surface area contributed by atoms with Gasteiger partial charge in [0.15, 0.2) is 0 Å². The number of hydrogen-bond acceptors (Lipinski definition) is 0. The highest BCUT2D eigenvalue weighted by molar-refractivity contribution is 9.51. The van der Waals surface area contributed by atoms with Crippen molar-refractivity contribution in [3.05, 3.63) is 0 Å². The highest BCUT2D eigenvalue weighted by atomic mass is 79.9. The van der Waals surface area contributed by atoms with Gasteiger partial charge in [0.2, 0.25) is 5.31 Å². The Kier molecular flexibility index (Phi) is 2.80. The van der Waals surface area contributed by atoms with Gasteiger partial charge >= 0.3 is 0 Å². The van der Waals surface area contributed by atoms with Crippen molar-refractivity contribution in [3.8, 4) is 0 Å². The van der Waals surface area contributed by atoms with Crippen LogP contribution in [0.5, 0.6) is 0 Å². The Morgan fingerprint density at radius 3 is 1.88 bits per heavy atom. The Morgan fingerprint density at radius 2 is 1.62 bits per heavy atom. The van der Waals surface area contributed by atoms with E-state index in [0.29, 0.717) is 0 Å². The summed E-state index contributed by atoms with van der Waals surface area (Å²) in [6.07, 6.45) is 0. The van der Waals surface area contributed by atoms with E-state index in [-0.39, 0.29) is 0 Å². The summed E-state index contributed by atoms with van der Waals surface area (Å²) in [5, 5.41) is -0.959. The fourth-order valence-corrected chi connectivity index (χ4v) is 12.8. The van der Waals surface area contributed by atoms with E-state index in [1.165, 1.54) is 33.7 Å². The maximum absolute atomic E-state index is 3.75. The van der Waals surface area contributed by atoms with Crippen LogP contribution in [0.4, 0.5) is 0 Å². The van der Waals surface area contributed by atoms with Gasteiger partial charge in [0.05, 0.1) is 0 Å². The Hall–Kier alpha value is 1.39. The average molecular weight is 272 g/mol. The summed E-state index contributed by atoms with van der Waals surface area (Å²) in [6.45, 7) is 0. The molecule has 0 unspecified atom stereocenters. The highest BCUT2D eigenvalue weighted by Crippen LogP contribution is 2.36. The molecular weight excluding hydrogens is 264 g/mol. The summed E-state index contributed by atoms with van der Waals surface area (Å²) in [7, 11) is 1.24. The molecule has 1 rings (SSSR count). The summed E-state index contributed by atoms with van der Waals surface area (Å²) in [6, 6.07) is 5.79. The van der Waals surface area contributed by atoms with Crippen LogP contribution in [0, 0.1) is 0 Å². The molecule has 0 aliphatic carbocycles. The zero-order valence-electron chi connectivity index (χ0n) is 4.58. The number of rotatable bonds is 0. The minimum atomic E-state index is -0.959. The molecular formula is C4H8Br2Si2. The third-order valence-corrected chi connectivity index (χ3v) is 10.3. The molecule has 0 saturated carbocycles. The smallest absolute Gasteiger partial charge is 0.111 e. The molecule has 0 spiro atoms. The van der Waals surface area contributed by atoms with Gasteiger partial charge in [-0.15, -0.1) is 30.6 Å². The van der Waals surface area contributed by atoms with Gasteiger partial charge in [-0.2, -0.15) is 0 Å². The van der Waals surface area contributed by atoms with Gasteiger partial charge in [0.25, 0.3) is 0 Å². The van der Waals surface area contributed by atoms with Crippen molar-refractivity contribution < 1.29 is 0 Å². The van der Waals surface area contributed by atoms with E-state index in [0.717, 1.165) is 0 Å². The third-order valence-electron chi connectivity index (χ3n) is 1.34. The number of halogens is 2.